The molecule has 1 unspecified atom stereocenters. The van der Waals surface area contributed by atoms with Gasteiger partial charge < -0.3 is 5.11 Å². The minimum Gasteiger partial charge on any atom is -0.381 e. The average molecular weight is 226 g/mol. The standard InChI is InChI=1S/C11H21F3O/c1-7(2)9(8(3)4)6-10(5,15)11(12,13)14/h7-9,15H,6H2,1-5H3. The highest BCUT2D eigenvalue weighted by atomic mass is 19.4. The van der Waals surface area contributed by atoms with Gasteiger partial charge in [0.15, 0.2) is 5.60 Å². The van der Waals surface area contributed by atoms with Crippen molar-refractivity contribution in [1.82, 2.24) is 0 Å². The van der Waals surface area contributed by atoms with Crippen LogP contribution in [-0.4, -0.2) is 16.9 Å². The van der Waals surface area contributed by atoms with Crippen LogP contribution in [0.25, 0.3) is 0 Å². The molecule has 0 amide bonds. The molecule has 1 N–H and O–H groups in total. The minimum atomic E-state index is -4.55. The van der Waals surface area contributed by atoms with E-state index in [1.807, 2.05) is 27.7 Å². The van der Waals surface area contributed by atoms with Crippen molar-refractivity contribution in [2.45, 2.75) is 52.8 Å². The molecule has 0 spiro atoms. The Balaban J connectivity index is 4.68. The zero-order chi connectivity index (χ0) is 12.4. The summed E-state index contributed by atoms with van der Waals surface area (Å²) in [7, 11) is 0. The zero-order valence-corrected chi connectivity index (χ0v) is 10.0. The van der Waals surface area contributed by atoms with Gasteiger partial charge in [0.05, 0.1) is 0 Å². The maximum Gasteiger partial charge on any atom is 0.416 e. The Morgan fingerprint density at radius 3 is 1.53 bits per heavy atom. The summed E-state index contributed by atoms with van der Waals surface area (Å²) in [5.74, 6) is 0.152. The van der Waals surface area contributed by atoms with Gasteiger partial charge in [0.1, 0.15) is 0 Å². The number of alkyl halides is 3. The van der Waals surface area contributed by atoms with Gasteiger partial charge in [-0.2, -0.15) is 13.2 Å². The van der Waals surface area contributed by atoms with Crippen LogP contribution in [0.2, 0.25) is 0 Å². The number of aliphatic hydroxyl groups is 1. The van der Waals surface area contributed by atoms with Gasteiger partial charge in [0.2, 0.25) is 0 Å². The number of hydrogen-bond donors (Lipinski definition) is 1. The second-order valence-corrected chi connectivity index (χ2v) is 5.13. The summed E-state index contributed by atoms with van der Waals surface area (Å²) >= 11 is 0. The van der Waals surface area contributed by atoms with Crippen LogP contribution < -0.4 is 0 Å². The molecule has 15 heavy (non-hydrogen) atoms. The third kappa shape index (κ3) is 4.01. The second kappa shape index (κ2) is 4.73. The van der Waals surface area contributed by atoms with Crippen LogP contribution in [0, 0.1) is 17.8 Å². The summed E-state index contributed by atoms with van der Waals surface area (Å²) in [5, 5.41) is 9.39. The van der Waals surface area contributed by atoms with Gasteiger partial charge in [-0.15, -0.1) is 0 Å². The lowest BCUT2D eigenvalue weighted by Crippen LogP contribution is -2.45. The van der Waals surface area contributed by atoms with Gasteiger partial charge in [0, 0.05) is 0 Å². The first-order chi connectivity index (χ1) is 6.49. The van der Waals surface area contributed by atoms with Crippen molar-refractivity contribution in [3.63, 3.8) is 0 Å². The molecule has 0 radical (unpaired) electrons. The molecule has 0 rings (SSSR count). The molecule has 1 nitrogen and oxygen atoms in total. The lowest BCUT2D eigenvalue weighted by atomic mass is 9.77. The summed E-state index contributed by atoms with van der Waals surface area (Å²) in [6.45, 7) is 8.40. The smallest absolute Gasteiger partial charge is 0.381 e. The number of hydrogen-bond acceptors (Lipinski definition) is 1. The van der Waals surface area contributed by atoms with Crippen molar-refractivity contribution in [2.24, 2.45) is 17.8 Å². The fourth-order valence-electron chi connectivity index (χ4n) is 1.82. The van der Waals surface area contributed by atoms with E-state index in [1.54, 1.807) is 0 Å². The van der Waals surface area contributed by atoms with Gasteiger partial charge in [-0.05, 0) is 31.1 Å². The van der Waals surface area contributed by atoms with Crippen LogP contribution in [0.3, 0.4) is 0 Å². The van der Waals surface area contributed by atoms with E-state index in [9.17, 15) is 18.3 Å². The van der Waals surface area contributed by atoms with Crippen molar-refractivity contribution < 1.29 is 18.3 Å². The van der Waals surface area contributed by atoms with Crippen LogP contribution >= 0.6 is 0 Å². The molecule has 0 heterocycles. The van der Waals surface area contributed by atoms with Crippen molar-refractivity contribution in [1.29, 1.82) is 0 Å². The third-order valence-electron chi connectivity index (χ3n) is 2.96. The largest absolute Gasteiger partial charge is 0.416 e. The molecule has 0 bridgehead atoms. The Morgan fingerprint density at radius 2 is 1.33 bits per heavy atom. The van der Waals surface area contributed by atoms with E-state index in [-0.39, 0.29) is 24.2 Å². The monoisotopic (exact) mass is 226 g/mol. The van der Waals surface area contributed by atoms with E-state index in [2.05, 4.69) is 0 Å². The lowest BCUT2D eigenvalue weighted by Gasteiger charge is -2.34. The highest BCUT2D eigenvalue weighted by Gasteiger charge is 2.51. The molecule has 0 aliphatic carbocycles. The summed E-state index contributed by atoms with van der Waals surface area (Å²) < 4.78 is 37.4. The molecular formula is C11H21F3O. The molecule has 4 heteroatoms. The molecule has 0 aromatic heterocycles. The molecule has 0 fully saturated rings. The van der Waals surface area contributed by atoms with Gasteiger partial charge in [-0.1, -0.05) is 27.7 Å². The highest BCUT2D eigenvalue weighted by Crippen LogP contribution is 2.38. The molecule has 0 saturated carbocycles. The quantitative estimate of drug-likeness (QED) is 0.776. The molecule has 0 aliphatic rings. The normalized spacial score (nSPS) is 17.6. The summed E-state index contributed by atoms with van der Waals surface area (Å²) in [6, 6.07) is 0. The zero-order valence-electron chi connectivity index (χ0n) is 10.0. The number of rotatable bonds is 4. The van der Waals surface area contributed by atoms with Gasteiger partial charge in [-0.25, -0.2) is 0 Å². The first-order valence-corrected chi connectivity index (χ1v) is 5.28. The molecule has 0 aliphatic heterocycles. The topological polar surface area (TPSA) is 20.2 Å². The van der Waals surface area contributed by atoms with Crippen LogP contribution in [0.4, 0.5) is 13.2 Å². The Hall–Kier alpha value is -0.250. The van der Waals surface area contributed by atoms with E-state index in [0.717, 1.165) is 6.92 Å². The Morgan fingerprint density at radius 1 is 1.00 bits per heavy atom. The highest BCUT2D eigenvalue weighted by molar-refractivity contribution is 4.86. The lowest BCUT2D eigenvalue weighted by molar-refractivity contribution is -0.260. The van der Waals surface area contributed by atoms with Crippen molar-refractivity contribution in [3.8, 4) is 0 Å². The molecule has 0 aromatic carbocycles. The van der Waals surface area contributed by atoms with Crippen molar-refractivity contribution in [2.75, 3.05) is 0 Å². The first-order valence-electron chi connectivity index (χ1n) is 5.28. The number of halogens is 3. The average Bonchev–Trinajstić information content (AvgIpc) is 1.96. The van der Waals surface area contributed by atoms with Crippen molar-refractivity contribution >= 4 is 0 Å². The van der Waals surface area contributed by atoms with Crippen molar-refractivity contribution in [3.05, 3.63) is 0 Å². The summed E-state index contributed by atoms with van der Waals surface area (Å²) in [4.78, 5) is 0. The Kier molecular flexibility index (Phi) is 4.65. The van der Waals surface area contributed by atoms with E-state index >= 15 is 0 Å². The first kappa shape index (κ1) is 14.8. The van der Waals surface area contributed by atoms with E-state index < -0.39 is 11.8 Å². The van der Waals surface area contributed by atoms with Gasteiger partial charge >= 0.3 is 6.18 Å². The van der Waals surface area contributed by atoms with Crippen LogP contribution in [0.1, 0.15) is 41.0 Å². The molecule has 92 valence electrons. The molecule has 0 saturated heterocycles. The molecular weight excluding hydrogens is 205 g/mol. The van der Waals surface area contributed by atoms with Gasteiger partial charge in [-0.3, -0.25) is 0 Å². The second-order valence-electron chi connectivity index (χ2n) is 5.13. The van der Waals surface area contributed by atoms with Crippen LogP contribution in [0.15, 0.2) is 0 Å². The SMILES string of the molecule is CC(C)C(CC(C)(O)C(F)(F)F)C(C)C. The Labute approximate surface area is 89.7 Å². The predicted octanol–water partition coefficient (Wildman–Crippen LogP) is 3.62. The fraction of sp³-hybridized carbons (Fsp3) is 1.00. The van der Waals surface area contributed by atoms with E-state index in [0.29, 0.717) is 0 Å². The van der Waals surface area contributed by atoms with Crippen LogP contribution in [0.5, 0.6) is 0 Å². The maximum absolute atomic E-state index is 12.5. The summed E-state index contributed by atoms with van der Waals surface area (Å²) in [5.41, 5.74) is -2.58. The maximum atomic E-state index is 12.5. The minimum absolute atomic E-state index is 0.123. The summed E-state index contributed by atoms with van der Waals surface area (Å²) in [6.07, 6.45) is -4.78. The molecule has 0 aromatic rings. The van der Waals surface area contributed by atoms with E-state index in [4.69, 9.17) is 0 Å². The van der Waals surface area contributed by atoms with E-state index in [1.165, 1.54) is 0 Å². The Bertz CT molecular complexity index is 186. The molecule has 1 atom stereocenters. The predicted molar refractivity (Wildman–Crippen MR) is 54.5 cm³/mol. The van der Waals surface area contributed by atoms with Gasteiger partial charge in [0.25, 0.3) is 0 Å². The van der Waals surface area contributed by atoms with Crippen LogP contribution in [-0.2, 0) is 0 Å². The fourth-order valence-corrected chi connectivity index (χ4v) is 1.82. The third-order valence-corrected chi connectivity index (χ3v) is 2.96.